The highest BCUT2D eigenvalue weighted by molar-refractivity contribution is 5.83. The number of carbonyl (C=O) groups excluding carboxylic acids is 1. The fourth-order valence-electron chi connectivity index (χ4n) is 2.04. The lowest BCUT2D eigenvalue weighted by atomic mass is 9.95. The second-order valence-corrected chi connectivity index (χ2v) is 5.83. The van der Waals surface area contributed by atoms with Gasteiger partial charge in [-0.05, 0) is 37.7 Å². The lowest BCUT2D eigenvalue weighted by Gasteiger charge is -2.11. The van der Waals surface area contributed by atoms with Gasteiger partial charge in [-0.25, -0.2) is 4.79 Å². The third kappa shape index (κ3) is 10.8. The highest BCUT2D eigenvalue weighted by atomic mass is 16.5. The fourth-order valence-corrected chi connectivity index (χ4v) is 2.04. The number of carbonyl (C=O) groups is 1. The molecule has 0 radical (unpaired) electrons. The number of ether oxygens (including phenoxy) is 1. The maximum atomic E-state index is 11.3. The van der Waals surface area contributed by atoms with E-state index in [9.17, 15) is 4.79 Å². The molecule has 0 aliphatic rings. The van der Waals surface area contributed by atoms with Crippen molar-refractivity contribution in [3.8, 4) is 0 Å². The van der Waals surface area contributed by atoms with E-state index >= 15 is 0 Å². The quantitative estimate of drug-likeness (QED) is 0.308. The van der Waals surface area contributed by atoms with Crippen LogP contribution in [0.3, 0.4) is 0 Å². The van der Waals surface area contributed by atoms with Crippen LogP contribution < -0.4 is 0 Å². The largest absolute Gasteiger partial charge is 0.463 e. The van der Waals surface area contributed by atoms with Crippen molar-refractivity contribution in [1.82, 2.24) is 0 Å². The van der Waals surface area contributed by atoms with Crippen molar-refractivity contribution in [1.29, 1.82) is 0 Å². The molecule has 0 amide bonds. The van der Waals surface area contributed by atoms with E-state index < -0.39 is 0 Å². The van der Waals surface area contributed by atoms with Crippen LogP contribution in [0.1, 0.15) is 66.7 Å². The van der Waals surface area contributed by atoms with Crippen molar-refractivity contribution in [3.63, 3.8) is 0 Å². The van der Waals surface area contributed by atoms with Crippen LogP contribution in [0.4, 0.5) is 0 Å². The van der Waals surface area contributed by atoms with E-state index in [4.69, 9.17) is 4.74 Å². The Morgan fingerprint density at radius 2 is 1.80 bits per heavy atom. The van der Waals surface area contributed by atoms with Gasteiger partial charge in [0.25, 0.3) is 0 Å². The molecule has 0 rings (SSSR count). The summed E-state index contributed by atoms with van der Waals surface area (Å²) < 4.78 is 4.88. The fraction of sp³-hybridized carbons (Fsp3) is 0.722. The van der Waals surface area contributed by atoms with Crippen molar-refractivity contribution in [2.75, 3.05) is 6.61 Å². The summed E-state index contributed by atoms with van der Waals surface area (Å²) in [5.41, 5.74) is 0.954. The van der Waals surface area contributed by atoms with Crippen LogP contribution in [-0.2, 0) is 9.53 Å². The summed E-state index contributed by atoms with van der Waals surface area (Å²) in [7, 11) is 0. The molecule has 0 aromatic carbocycles. The van der Waals surface area contributed by atoms with Crippen LogP contribution in [0.2, 0.25) is 0 Å². The molecule has 2 unspecified atom stereocenters. The zero-order valence-electron chi connectivity index (χ0n) is 13.9. The maximum Gasteiger partial charge on any atom is 0.330 e. The SMILES string of the molecule is CCOC(=O)/C=C(C)/C=C/CC(C)CCCC(C)CC. The van der Waals surface area contributed by atoms with Gasteiger partial charge in [0.15, 0.2) is 0 Å². The van der Waals surface area contributed by atoms with Crippen molar-refractivity contribution < 1.29 is 9.53 Å². The summed E-state index contributed by atoms with van der Waals surface area (Å²) in [5.74, 6) is 1.31. The van der Waals surface area contributed by atoms with Crippen LogP contribution in [-0.4, -0.2) is 12.6 Å². The Hall–Kier alpha value is -1.05. The molecule has 2 nitrogen and oxygen atoms in total. The standard InChI is InChI=1S/C18H32O2/c1-6-15(3)10-8-11-16(4)12-9-13-17(5)14-18(19)20-7-2/h9,13-16H,6-8,10-12H2,1-5H3/b13-9+,17-14+. The number of rotatable bonds is 10. The Labute approximate surface area is 125 Å². The molecule has 0 fully saturated rings. The molecule has 0 aliphatic carbocycles. The van der Waals surface area contributed by atoms with Gasteiger partial charge in [-0.1, -0.05) is 58.6 Å². The molecule has 20 heavy (non-hydrogen) atoms. The predicted octanol–water partition coefficient (Wildman–Crippen LogP) is 5.29. The Bertz CT molecular complexity index is 315. The summed E-state index contributed by atoms with van der Waals surface area (Å²) in [6, 6.07) is 0. The first kappa shape index (κ1) is 18.9. The first-order chi connectivity index (χ1) is 9.49. The molecule has 0 bridgehead atoms. The highest BCUT2D eigenvalue weighted by Gasteiger charge is 2.03. The van der Waals surface area contributed by atoms with Gasteiger partial charge in [0.05, 0.1) is 6.61 Å². The molecule has 0 heterocycles. The Kier molecular flexibility index (Phi) is 11.1. The molecule has 0 spiro atoms. The smallest absolute Gasteiger partial charge is 0.330 e. The van der Waals surface area contributed by atoms with Crippen LogP contribution in [0, 0.1) is 11.8 Å². The van der Waals surface area contributed by atoms with Gasteiger partial charge in [0.1, 0.15) is 0 Å². The van der Waals surface area contributed by atoms with E-state index in [1.165, 1.54) is 25.7 Å². The zero-order valence-corrected chi connectivity index (χ0v) is 13.9. The van der Waals surface area contributed by atoms with Gasteiger partial charge in [0, 0.05) is 6.08 Å². The lowest BCUT2D eigenvalue weighted by molar-refractivity contribution is -0.137. The third-order valence-electron chi connectivity index (χ3n) is 3.64. The minimum atomic E-state index is -0.253. The monoisotopic (exact) mass is 280 g/mol. The van der Waals surface area contributed by atoms with Crippen LogP contribution in [0.25, 0.3) is 0 Å². The minimum absolute atomic E-state index is 0.253. The van der Waals surface area contributed by atoms with Gasteiger partial charge in [-0.3, -0.25) is 0 Å². The van der Waals surface area contributed by atoms with Gasteiger partial charge >= 0.3 is 5.97 Å². The Morgan fingerprint density at radius 3 is 2.40 bits per heavy atom. The Balaban J connectivity index is 3.90. The van der Waals surface area contributed by atoms with Crippen molar-refractivity contribution in [3.05, 3.63) is 23.8 Å². The summed E-state index contributed by atoms with van der Waals surface area (Å²) in [4.78, 5) is 11.3. The zero-order chi connectivity index (χ0) is 15.4. The molecule has 0 saturated heterocycles. The Morgan fingerprint density at radius 1 is 1.15 bits per heavy atom. The average molecular weight is 280 g/mol. The van der Waals surface area contributed by atoms with Crippen LogP contribution in [0.5, 0.6) is 0 Å². The van der Waals surface area contributed by atoms with Gasteiger partial charge in [-0.2, -0.15) is 0 Å². The first-order valence-corrected chi connectivity index (χ1v) is 8.01. The molecule has 2 atom stereocenters. The molecular formula is C18H32O2. The average Bonchev–Trinajstić information content (AvgIpc) is 2.38. The maximum absolute atomic E-state index is 11.3. The molecule has 0 aliphatic heterocycles. The molecule has 0 saturated carbocycles. The van der Waals surface area contributed by atoms with Gasteiger partial charge in [0.2, 0.25) is 0 Å². The summed E-state index contributed by atoms with van der Waals surface area (Å²) in [6.07, 6.45) is 12.0. The van der Waals surface area contributed by atoms with Gasteiger partial charge < -0.3 is 4.74 Å². The number of hydrogen-bond donors (Lipinski definition) is 0. The number of hydrogen-bond acceptors (Lipinski definition) is 2. The third-order valence-corrected chi connectivity index (χ3v) is 3.64. The normalized spacial score (nSPS) is 15.3. The van der Waals surface area contributed by atoms with E-state index in [1.807, 2.05) is 19.9 Å². The molecular weight excluding hydrogens is 248 g/mol. The first-order valence-electron chi connectivity index (χ1n) is 8.01. The van der Waals surface area contributed by atoms with E-state index in [0.29, 0.717) is 12.5 Å². The van der Waals surface area contributed by atoms with Crippen molar-refractivity contribution in [2.24, 2.45) is 11.8 Å². The van der Waals surface area contributed by atoms with E-state index in [2.05, 4.69) is 26.8 Å². The molecule has 0 N–H and O–H groups in total. The summed E-state index contributed by atoms with van der Waals surface area (Å²) in [5, 5.41) is 0. The molecule has 0 aromatic rings. The van der Waals surface area contributed by atoms with Crippen LogP contribution >= 0.6 is 0 Å². The molecule has 2 heteroatoms. The number of allylic oxidation sites excluding steroid dienone is 3. The van der Waals surface area contributed by atoms with E-state index in [1.54, 1.807) is 6.08 Å². The lowest BCUT2D eigenvalue weighted by Crippen LogP contribution is -1.99. The highest BCUT2D eigenvalue weighted by Crippen LogP contribution is 2.17. The number of esters is 1. The predicted molar refractivity (Wildman–Crippen MR) is 86.6 cm³/mol. The minimum Gasteiger partial charge on any atom is -0.463 e. The molecule has 0 aromatic heterocycles. The van der Waals surface area contributed by atoms with E-state index in [-0.39, 0.29) is 5.97 Å². The summed E-state index contributed by atoms with van der Waals surface area (Å²) in [6.45, 7) is 11.1. The summed E-state index contributed by atoms with van der Waals surface area (Å²) >= 11 is 0. The van der Waals surface area contributed by atoms with E-state index in [0.717, 1.165) is 17.9 Å². The van der Waals surface area contributed by atoms with Gasteiger partial charge in [-0.15, -0.1) is 0 Å². The molecule has 116 valence electrons. The topological polar surface area (TPSA) is 26.3 Å². The second-order valence-electron chi connectivity index (χ2n) is 5.83. The second kappa shape index (κ2) is 11.7. The van der Waals surface area contributed by atoms with Crippen molar-refractivity contribution in [2.45, 2.75) is 66.7 Å². The van der Waals surface area contributed by atoms with Crippen LogP contribution in [0.15, 0.2) is 23.8 Å². The van der Waals surface area contributed by atoms with Crippen molar-refractivity contribution >= 4 is 5.97 Å².